The van der Waals surface area contributed by atoms with E-state index in [-0.39, 0.29) is 12.1 Å². The van der Waals surface area contributed by atoms with Crippen molar-refractivity contribution < 1.29 is 4.79 Å². The molecule has 2 unspecified atom stereocenters. The van der Waals surface area contributed by atoms with Gasteiger partial charge in [0, 0.05) is 22.6 Å². The molecule has 16 heavy (non-hydrogen) atoms. The highest BCUT2D eigenvalue weighted by molar-refractivity contribution is 5.85. The van der Waals surface area contributed by atoms with Crippen LogP contribution >= 0.6 is 0 Å². The molecule has 0 fully saturated rings. The number of hydrogen-bond acceptors (Lipinski definition) is 2. The van der Waals surface area contributed by atoms with Gasteiger partial charge in [-0.15, -0.1) is 0 Å². The summed E-state index contributed by atoms with van der Waals surface area (Å²) in [5.74, 6) is 0. The first-order chi connectivity index (χ1) is 7.79. The molecule has 1 aliphatic rings. The molecule has 3 nitrogen and oxygen atoms in total. The Morgan fingerprint density at radius 3 is 3.00 bits per heavy atom. The van der Waals surface area contributed by atoms with Crippen molar-refractivity contribution in [1.82, 2.24) is 10.3 Å². The maximum absolute atomic E-state index is 10.8. The van der Waals surface area contributed by atoms with E-state index >= 15 is 0 Å². The lowest BCUT2D eigenvalue weighted by Gasteiger charge is -2.25. The van der Waals surface area contributed by atoms with Crippen LogP contribution in [-0.4, -0.2) is 17.3 Å². The second kappa shape index (κ2) is 3.46. The van der Waals surface area contributed by atoms with Gasteiger partial charge < -0.3 is 4.98 Å². The minimum Gasteiger partial charge on any atom is -0.357 e. The third-order valence-corrected chi connectivity index (χ3v) is 3.28. The predicted molar refractivity (Wildman–Crippen MR) is 63.0 cm³/mol. The second-order valence-electron chi connectivity index (χ2n) is 4.33. The van der Waals surface area contributed by atoms with E-state index < -0.39 is 0 Å². The second-order valence-corrected chi connectivity index (χ2v) is 4.33. The van der Waals surface area contributed by atoms with Gasteiger partial charge in [0.05, 0.1) is 6.04 Å². The van der Waals surface area contributed by atoms with Crippen LogP contribution in [0.1, 0.15) is 24.2 Å². The van der Waals surface area contributed by atoms with Crippen LogP contribution < -0.4 is 5.32 Å². The summed E-state index contributed by atoms with van der Waals surface area (Å²) in [6.45, 7) is 2.07. The molecule has 2 atom stereocenters. The monoisotopic (exact) mass is 213 g/mol. The lowest BCUT2D eigenvalue weighted by molar-refractivity contribution is 0.456. The Morgan fingerprint density at radius 1 is 1.38 bits per heavy atom. The third-order valence-electron chi connectivity index (χ3n) is 3.28. The van der Waals surface area contributed by atoms with Crippen LogP contribution in [0.4, 0.5) is 0 Å². The number of rotatable bonds is 1. The Kier molecular flexibility index (Phi) is 2.07. The number of hydrogen-bond donors (Lipinski definition) is 2. The zero-order chi connectivity index (χ0) is 11.1. The molecule has 0 amide bonds. The van der Waals surface area contributed by atoms with Gasteiger partial charge in [-0.2, -0.15) is 0 Å². The van der Waals surface area contributed by atoms with E-state index in [0.29, 0.717) is 0 Å². The number of aromatic amines is 1. The smallest absolute Gasteiger partial charge is 0.217 e. The van der Waals surface area contributed by atoms with Crippen molar-refractivity contribution in [1.29, 1.82) is 0 Å². The molecule has 3 rings (SSSR count). The molecule has 2 heterocycles. The molecular weight excluding hydrogens is 200 g/mol. The van der Waals surface area contributed by atoms with E-state index in [2.05, 4.69) is 35.6 Å². The van der Waals surface area contributed by atoms with Gasteiger partial charge >= 0.3 is 0 Å². The normalized spacial score (nSPS) is 24.3. The van der Waals surface area contributed by atoms with Crippen molar-refractivity contribution >= 4 is 17.2 Å². The molecule has 0 saturated heterocycles. The number of H-pyrrole nitrogens is 1. The standard InChI is InChI=1S/C13H13N2O/c1-8-13-11(6-9(7-16)14-8)10-4-2-3-5-12(10)15-13/h2-5,8-9,14-15H,6H2,1H3. The highest BCUT2D eigenvalue weighted by Gasteiger charge is 2.26. The first-order valence-electron chi connectivity index (χ1n) is 5.53. The van der Waals surface area contributed by atoms with Crippen molar-refractivity contribution in [3.63, 3.8) is 0 Å². The van der Waals surface area contributed by atoms with E-state index in [0.717, 1.165) is 11.9 Å². The number of nitrogens with one attached hydrogen (secondary N) is 2. The van der Waals surface area contributed by atoms with Crippen LogP contribution in [0.15, 0.2) is 24.3 Å². The average molecular weight is 213 g/mol. The Morgan fingerprint density at radius 2 is 2.19 bits per heavy atom. The van der Waals surface area contributed by atoms with Gasteiger partial charge in [0.2, 0.25) is 6.29 Å². The van der Waals surface area contributed by atoms with Crippen LogP contribution in [0, 0.1) is 0 Å². The third kappa shape index (κ3) is 1.28. The fraction of sp³-hybridized carbons (Fsp3) is 0.308. The van der Waals surface area contributed by atoms with Crippen LogP contribution in [0.2, 0.25) is 0 Å². The fourth-order valence-electron chi connectivity index (χ4n) is 2.53. The van der Waals surface area contributed by atoms with E-state index in [1.807, 2.05) is 12.1 Å². The molecule has 0 spiro atoms. The van der Waals surface area contributed by atoms with Crippen molar-refractivity contribution in [3.8, 4) is 0 Å². The van der Waals surface area contributed by atoms with Gasteiger partial charge in [-0.05, 0) is 25.0 Å². The van der Waals surface area contributed by atoms with Gasteiger partial charge in [-0.3, -0.25) is 10.1 Å². The molecule has 81 valence electrons. The van der Waals surface area contributed by atoms with Crippen molar-refractivity contribution in [3.05, 3.63) is 35.5 Å². The Hall–Kier alpha value is -1.61. The topological polar surface area (TPSA) is 44.9 Å². The summed E-state index contributed by atoms with van der Waals surface area (Å²) in [5, 5.41) is 4.46. The zero-order valence-corrected chi connectivity index (χ0v) is 9.08. The summed E-state index contributed by atoms with van der Waals surface area (Å²) in [7, 11) is 0. The summed E-state index contributed by atoms with van der Waals surface area (Å²) < 4.78 is 0. The van der Waals surface area contributed by atoms with Crippen LogP contribution in [0.25, 0.3) is 10.9 Å². The number of fused-ring (bicyclic) bond motifs is 3. The molecule has 1 radical (unpaired) electrons. The maximum Gasteiger partial charge on any atom is 0.217 e. The first-order valence-corrected chi connectivity index (χ1v) is 5.53. The number of aromatic nitrogens is 1. The molecular formula is C13H13N2O. The number of carbonyl (C=O) groups excluding carboxylic acids is 1. The van der Waals surface area contributed by atoms with Gasteiger partial charge in [0.25, 0.3) is 0 Å². The Bertz CT molecular complexity index is 544. The Balaban J connectivity index is 2.21. The largest absolute Gasteiger partial charge is 0.357 e. The highest BCUT2D eigenvalue weighted by atomic mass is 16.1. The fourth-order valence-corrected chi connectivity index (χ4v) is 2.53. The molecule has 1 aliphatic heterocycles. The molecule has 0 bridgehead atoms. The summed E-state index contributed by atoms with van der Waals surface area (Å²) >= 11 is 0. The summed E-state index contributed by atoms with van der Waals surface area (Å²) in [4.78, 5) is 14.2. The summed E-state index contributed by atoms with van der Waals surface area (Å²) in [6.07, 6.45) is 2.78. The summed E-state index contributed by atoms with van der Waals surface area (Å²) in [6, 6.07) is 8.23. The van der Waals surface area contributed by atoms with Crippen molar-refractivity contribution in [2.45, 2.75) is 25.4 Å². The molecule has 2 aromatic rings. The molecule has 2 N–H and O–H groups in total. The molecule has 1 aromatic carbocycles. The maximum atomic E-state index is 10.8. The minimum absolute atomic E-state index is 0.179. The van der Waals surface area contributed by atoms with Gasteiger partial charge in [0.15, 0.2) is 0 Å². The van der Waals surface area contributed by atoms with Crippen LogP contribution in [0.3, 0.4) is 0 Å². The van der Waals surface area contributed by atoms with E-state index in [1.165, 1.54) is 16.6 Å². The number of benzene rings is 1. The van der Waals surface area contributed by atoms with Crippen LogP contribution in [-0.2, 0) is 11.2 Å². The first kappa shape index (κ1) is 9.60. The van der Waals surface area contributed by atoms with Crippen molar-refractivity contribution in [2.24, 2.45) is 0 Å². The quantitative estimate of drug-likeness (QED) is 0.759. The van der Waals surface area contributed by atoms with Crippen molar-refractivity contribution in [2.75, 3.05) is 0 Å². The molecule has 3 heteroatoms. The lowest BCUT2D eigenvalue weighted by atomic mass is 9.95. The zero-order valence-electron chi connectivity index (χ0n) is 9.08. The molecule has 0 saturated carbocycles. The van der Waals surface area contributed by atoms with E-state index in [1.54, 1.807) is 0 Å². The van der Waals surface area contributed by atoms with E-state index in [4.69, 9.17) is 0 Å². The molecule has 1 aromatic heterocycles. The van der Waals surface area contributed by atoms with Gasteiger partial charge in [0.1, 0.15) is 0 Å². The van der Waals surface area contributed by atoms with Gasteiger partial charge in [-0.1, -0.05) is 18.2 Å². The minimum atomic E-state index is -0.179. The lowest BCUT2D eigenvalue weighted by Crippen LogP contribution is -2.39. The van der Waals surface area contributed by atoms with Gasteiger partial charge in [-0.25, -0.2) is 0 Å². The molecule has 0 aliphatic carbocycles. The van der Waals surface area contributed by atoms with Crippen LogP contribution in [0.5, 0.6) is 0 Å². The highest BCUT2D eigenvalue weighted by Crippen LogP contribution is 2.30. The average Bonchev–Trinajstić information content (AvgIpc) is 2.68. The predicted octanol–water partition coefficient (Wildman–Crippen LogP) is 1.85. The Labute approximate surface area is 93.9 Å². The number of para-hydroxylation sites is 1. The van der Waals surface area contributed by atoms with E-state index in [9.17, 15) is 4.79 Å². The summed E-state index contributed by atoms with van der Waals surface area (Å²) in [5.41, 5.74) is 3.61. The SMILES string of the molecule is CC1NC([C]=O)Cc2c1[nH]c1ccccc21.